The van der Waals surface area contributed by atoms with Crippen molar-refractivity contribution in [3.63, 3.8) is 0 Å². The lowest BCUT2D eigenvalue weighted by atomic mass is 9.93. The Kier molecular flexibility index (Phi) is 11.3. The molecule has 228 valence electrons. The summed E-state index contributed by atoms with van der Waals surface area (Å²) >= 11 is 0. The first-order valence-electron chi connectivity index (χ1n) is 15.0. The molecule has 4 rings (SSSR count). The molecule has 0 aliphatic carbocycles. The summed E-state index contributed by atoms with van der Waals surface area (Å²) in [7, 11) is 0. The minimum Gasteiger partial charge on any atom is -0.481 e. The molecule has 1 unspecified atom stereocenters. The van der Waals surface area contributed by atoms with Gasteiger partial charge in [0.1, 0.15) is 6.04 Å². The Morgan fingerprint density at radius 2 is 1.20 bits per heavy atom. The third-order valence-corrected chi connectivity index (χ3v) is 7.60. The molecule has 4 aromatic carbocycles. The summed E-state index contributed by atoms with van der Waals surface area (Å²) in [6.45, 7) is 4.18. The van der Waals surface area contributed by atoms with E-state index >= 15 is 0 Å². The topological polar surface area (TPSA) is 107 Å². The zero-order valence-electron chi connectivity index (χ0n) is 25.2. The van der Waals surface area contributed by atoms with Crippen molar-refractivity contribution in [2.75, 3.05) is 13.1 Å². The average molecular weight is 593 g/mol. The fourth-order valence-electron chi connectivity index (χ4n) is 5.33. The van der Waals surface area contributed by atoms with E-state index in [1.54, 1.807) is 0 Å². The first-order valence-corrected chi connectivity index (χ1v) is 15.0. The van der Waals surface area contributed by atoms with Crippen LogP contribution in [0, 0.1) is 11.8 Å². The number of nitrogens with zero attached hydrogens (tertiary/aromatic N) is 1. The number of aryl methyl sites for hydroxylation is 1. The molecule has 0 heterocycles. The Labute approximate surface area is 259 Å². The van der Waals surface area contributed by atoms with Crippen LogP contribution in [0.25, 0.3) is 22.3 Å². The molecule has 7 heteroatoms. The lowest BCUT2D eigenvalue weighted by molar-refractivity contribution is -0.142. The van der Waals surface area contributed by atoms with Crippen LogP contribution < -0.4 is 5.32 Å². The van der Waals surface area contributed by atoms with Gasteiger partial charge >= 0.3 is 18.0 Å². The van der Waals surface area contributed by atoms with Crippen LogP contribution in [0.5, 0.6) is 0 Å². The van der Waals surface area contributed by atoms with Gasteiger partial charge in [0.2, 0.25) is 0 Å². The van der Waals surface area contributed by atoms with Crippen molar-refractivity contribution in [3.05, 3.63) is 120 Å². The third-order valence-electron chi connectivity index (χ3n) is 7.60. The van der Waals surface area contributed by atoms with Crippen molar-refractivity contribution in [1.82, 2.24) is 10.2 Å². The molecule has 3 N–H and O–H groups in total. The van der Waals surface area contributed by atoms with Gasteiger partial charge < -0.3 is 20.4 Å². The molecule has 0 fully saturated rings. The Hall–Kier alpha value is -4.91. The average Bonchev–Trinajstić information content (AvgIpc) is 3.03. The lowest BCUT2D eigenvalue weighted by Gasteiger charge is -2.29. The number of nitrogens with one attached hydrogen (secondary N) is 1. The molecule has 0 radical (unpaired) electrons. The highest BCUT2D eigenvalue weighted by Gasteiger charge is 2.28. The fourth-order valence-corrected chi connectivity index (χ4v) is 5.33. The number of carbonyl (C=O) groups excluding carboxylic acids is 1. The summed E-state index contributed by atoms with van der Waals surface area (Å²) in [5, 5.41) is 22.6. The summed E-state index contributed by atoms with van der Waals surface area (Å²) < 4.78 is 0. The number of benzene rings is 4. The van der Waals surface area contributed by atoms with Crippen LogP contribution in [0.4, 0.5) is 4.79 Å². The van der Waals surface area contributed by atoms with Gasteiger partial charge in [0, 0.05) is 19.5 Å². The molecule has 2 amide bonds. The maximum atomic E-state index is 13.4. The van der Waals surface area contributed by atoms with E-state index < -0.39 is 29.9 Å². The Bertz CT molecular complexity index is 1520. The SMILES string of the molecule is CC(C)CN(CC(CCc1ccccc1)C(=O)O)C(=O)N[C@@H](Cc1ccc(-c2ccccc2-c2ccccc2)cc1)C(=O)O. The lowest BCUT2D eigenvalue weighted by Crippen LogP contribution is -2.51. The van der Waals surface area contributed by atoms with Gasteiger partial charge in [-0.3, -0.25) is 4.79 Å². The first-order chi connectivity index (χ1) is 21.2. The van der Waals surface area contributed by atoms with Gasteiger partial charge in [-0.15, -0.1) is 0 Å². The van der Waals surface area contributed by atoms with Gasteiger partial charge in [-0.1, -0.05) is 123 Å². The molecule has 0 bridgehead atoms. The summed E-state index contributed by atoms with van der Waals surface area (Å²) in [4.78, 5) is 39.2. The number of carboxylic acids is 2. The second kappa shape index (κ2) is 15.5. The van der Waals surface area contributed by atoms with E-state index in [1.165, 1.54) is 4.90 Å². The molecule has 0 aromatic heterocycles. The Morgan fingerprint density at radius 1 is 0.659 bits per heavy atom. The maximum Gasteiger partial charge on any atom is 0.326 e. The van der Waals surface area contributed by atoms with E-state index in [4.69, 9.17) is 0 Å². The van der Waals surface area contributed by atoms with E-state index in [1.807, 2.05) is 98.8 Å². The number of aliphatic carboxylic acids is 2. The van der Waals surface area contributed by atoms with Gasteiger partial charge in [-0.2, -0.15) is 0 Å². The molecule has 2 atom stereocenters. The number of urea groups is 1. The monoisotopic (exact) mass is 592 g/mol. The molecule has 44 heavy (non-hydrogen) atoms. The standard InChI is InChI=1S/C37H40N2O5/c1-26(2)24-39(25-31(35(40)41)22-17-27-11-5-3-6-12-27)37(44)38-34(36(42)43)23-28-18-20-30(21-19-28)33-16-10-9-15-32(33)29-13-7-4-8-14-29/h3-16,18-21,26,31,34H,17,22-25H2,1-2H3,(H,38,44)(H,40,41)(H,42,43)/t31?,34-/m0/s1. The van der Waals surface area contributed by atoms with E-state index in [0.717, 1.165) is 33.4 Å². The van der Waals surface area contributed by atoms with Crippen molar-refractivity contribution in [2.45, 2.75) is 39.2 Å². The highest BCUT2D eigenvalue weighted by Crippen LogP contribution is 2.32. The predicted octanol–water partition coefficient (Wildman–Crippen LogP) is 7.02. The molecule has 7 nitrogen and oxygen atoms in total. The maximum absolute atomic E-state index is 13.4. The van der Waals surface area contributed by atoms with Crippen LogP contribution >= 0.6 is 0 Å². The third kappa shape index (κ3) is 9.04. The Balaban J connectivity index is 1.45. The van der Waals surface area contributed by atoms with Crippen molar-refractivity contribution < 1.29 is 24.6 Å². The van der Waals surface area contributed by atoms with Crippen molar-refractivity contribution in [2.24, 2.45) is 11.8 Å². The summed E-state index contributed by atoms with van der Waals surface area (Å²) in [6.07, 6.45) is 1.02. The zero-order chi connectivity index (χ0) is 31.5. The van der Waals surface area contributed by atoms with Crippen LogP contribution in [0.2, 0.25) is 0 Å². The minimum absolute atomic E-state index is 0.00591. The molecule has 0 saturated carbocycles. The quantitative estimate of drug-likeness (QED) is 0.146. The van der Waals surface area contributed by atoms with E-state index in [9.17, 15) is 24.6 Å². The van der Waals surface area contributed by atoms with Crippen LogP contribution in [-0.4, -0.2) is 52.2 Å². The summed E-state index contributed by atoms with van der Waals surface area (Å²) in [6, 6.07) is 33.8. The predicted molar refractivity (Wildman–Crippen MR) is 173 cm³/mol. The minimum atomic E-state index is -1.17. The highest BCUT2D eigenvalue weighted by molar-refractivity contribution is 5.84. The zero-order valence-corrected chi connectivity index (χ0v) is 25.2. The van der Waals surface area contributed by atoms with Crippen LogP contribution in [0.3, 0.4) is 0 Å². The molecular weight excluding hydrogens is 552 g/mol. The van der Waals surface area contributed by atoms with Gasteiger partial charge in [-0.25, -0.2) is 9.59 Å². The van der Waals surface area contributed by atoms with Crippen LogP contribution in [-0.2, 0) is 22.4 Å². The largest absolute Gasteiger partial charge is 0.481 e. The number of carbonyl (C=O) groups is 3. The smallest absolute Gasteiger partial charge is 0.326 e. The van der Waals surface area contributed by atoms with E-state index in [-0.39, 0.29) is 18.9 Å². The normalized spacial score (nSPS) is 12.3. The number of rotatable bonds is 14. The van der Waals surface area contributed by atoms with Crippen molar-refractivity contribution >= 4 is 18.0 Å². The molecular formula is C37H40N2O5. The van der Waals surface area contributed by atoms with E-state index in [0.29, 0.717) is 19.4 Å². The molecule has 0 saturated heterocycles. The Morgan fingerprint density at radius 3 is 1.75 bits per heavy atom. The van der Waals surface area contributed by atoms with Crippen LogP contribution in [0.1, 0.15) is 31.4 Å². The number of carboxylic acid groups (broad SMARTS) is 2. The summed E-state index contributed by atoms with van der Waals surface area (Å²) in [5.41, 5.74) is 6.07. The highest BCUT2D eigenvalue weighted by atomic mass is 16.4. The van der Waals surface area contributed by atoms with Crippen molar-refractivity contribution in [3.8, 4) is 22.3 Å². The molecule has 0 aliphatic heterocycles. The van der Waals surface area contributed by atoms with Gasteiger partial charge in [0.25, 0.3) is 0 Å². The summed E-state index contributed by atoms with van der Waals surface area (Å²) in [5.74, 6) is -2.85. The van der Waals surface area contributed by atoms with Gasteiger partial charge in [0.15, 0.2) is 0 Å². The van der Waals surface area contributed by atoms with Gasteiger partial charge in [-0.05, 0) is 52.1 Å². The second-order valence-corrected chi connectivity index (χ2v) is 11.5. The fraction of sp³-hybridized carbons (Fsp3) is 0.270. The molecule has 0 spiro atoms. The number of hydrogen-bond donors (Lipinski definition) is 3. The van der Waals surface area contributed by atoms with Crippen LogP contribution in [0.15, 0.2) is 109 Å². The van der Waals surface area contributed by atoms with Gasteiger partial charge in [0.05, 0.1) is 5.92 Å². The second-order valence-electron chi connectivity index (χ2n) is 11.5. The van der Waals surface area contributed by atoms with Crippen molar-refractivity contribution in [1.29, 1.82) is 0 Å². The number of amides is 2. The first kappa shape index (κ1) is 32.0. The molecule has 4 aromatic rings. The number of hydrogen-bond acceptors (Lipinski definition) is 3. The molecule has 0 aliphatic rings. The van der Waals surface area contributed by atoms with E-state index in [2.05, 4.69) is 29.6 Å².